The van der Waals surface area contributed by atoms with Crippen LogP contribution in [0.3, 0.4) is 0 Å². The molecule has 3 aromatic carbocycles. The zero-order valence-electron chi connectivity index (χ0n) is 14.1. The molecule has 0 saturated carbocycles. The molecule has 0 aliphatic rings. The Hall–Kier alpha value is -1.86. The molecule has 0 unspecified atom stereocenters. The van der Waals surface area contributed by atoms with Crippen LogP contribution in [0, 0.1) is 0 Å². The summed E-state index contributed by atoms with van der Waals surface area (Å²) in [7, 11) is 0. The highest BCUT2D eigenvalue weighted by Crippen LogP contribution is 2.33. The smallest absolute Gasteiger partial charge is 0.0253 e. The number of aryl methyl sites for hydroxylation is 1. The summed E-state index contributed by atoms with van der Waals surface area (Å²) in [4.78, 5) is 0. The molecule has 23 heavy (non-hydrogen) atoms. The standard InChI is InChI=1S/C20H17Br.C2H6/c1-3-14-11-12-16(13-15(14)4-2)17-7-5-9-19-18(17)8-6-10-20(19)21;1-2/h3,5-13H,1,4H2,2H3;1-2H3. The molecule has 1 heteroatoms. The Morgan fingerprint density at radius 2 is 1.65 bits per heavy atom. The molecule has 0 bridgehead atoms. The van der Waals surface area contributed by atoms with Gasteiger partial charge in [0.2, 0.25) is 0 Å². The quantitative estimate of drug-likeness (QED) is 0.449. The Balaban J connectivity index is 0.000000924. The maximum absolute atomic E-state index is 3.90. The van der Waals surface area contributed by atoms with Gasteiger partial charge in [-0.15, -0.1) is 0 Å². The van der Waals surface area contributed by atoms with Gasteiger partial charge in [0.1, 0.15) is 0 Å². The van der Waals surface area contributed by atoms with Gasteiger partial charge < -0.3 is 0 Å². The number of halogens is 1. The molecule has 3 rings (SSSR count). The van der Waals surface area contributed by atoms with Crippen molar-refractivity contribution in [2.75, 3.05) is 0 Å². The maximum Gasteiger partial charge on any atom is 0.0253 e. The second-order valence-electron chi connectivity index (χ2n) is 5.11. The molecule has 0 aromatic heterocycles. The largest absolute Gasteiger partial charge is 0.0985 e. The first kappa shape index (κ1) is 17.5. The summed E-state index contributed by atoms with van der Waals surface area (Å²) < 4.78 is 1.14. The fourth-order valence-electron chi connectivity index (χ4n) is 2.80. The van der Waals surface area contributed by atoms with Gasteiger partial charge in [-0.3, -0.25) is 0 Å². The fraction of sp³-hybridized carbons (Fsp3) is 0.182. The van der Waals surface area contributed by atoms with E-state index in [9.17, 15) is 0 Å². The lowest BCUT2D eigenvalue weighted by Crippen LogP contribution is -1.89. The average molecular weight is 367 g/mol. The molecule has 0 amide bonds. The highest BCUT2D eigenvalue weighted by atomic mass is 79.9. The lowest BCUT2D eigenvalue weighted by Gasteiger charge is -2.11. The van der Waals surface area contributed by atoms with Crippen LogP contribution in [0.15, 0.2) is 65.6 Å². The van der Waals surface area contributed by atoms with Gasteiger partial charge in [-0.1, -0.05) is 97.9 Å². The second-order valence-corrected chi connectivity index (χ2v) is 5.97. The Kier molecular flexibility index (Phi) is 6.18. The molecule has 0 nitrogen and oxygen atoms in total. The third kappa shape index (κ3) is 3.56. The van der Waals surface area contributed by atoms with Gasteiger partial charge in [0.15, 0.2) is 0 Å². The molecule has 0 aliphatic carbocycles. The summed E-state index contributed by atoms with van der Waals surface area (Å²) in [6, 6.07) is 19.5. The average Bonchev–Trinajstić information content (AvgIpc) is 2.63. The van der Waals surface area contributed by atoms with Crippen molar-refractivity contribution in [2.24, 2.45) is 0 Å². The van der Waals surface area contributed by atoms with Crippen LogP contribution in [-0.4, -0.2) is 0 Å². The Labute approximate surface area is 148 Å². The van der Waals surface area contributed by atoms with E-state index in [4.69, 9.17) is 0 Å². The van der Waals surface area contributed by atoms with E-state index in [0.29, 0.717) is 0 Å². The summed E-state index contributed by atoms with van der Waals surface area (Å²) in [5.41, 5.74) is 5.11. The molecule has 0 saturated heterocycles. The molecule has 118 valence electrons. The minimum absolute atomic E-state index is 1.02. The van der Waals surface area contributed by atoms with Crippen LogP contribution in [0.25, 0.3) is 28.0 Å². The Morgan fingerprint density at radius 1 is 0.957 bits per heavy atom. The molecule has 0 N–H and O–H groups in total. The van der Waals surface area contributed by atoms with Crippen molar-refractivity contribution in [1.82, 2.24) is 0 Å². The summed E-state index contributed by atoms with van der Waals surface area (Å²) in [6.45, 7) is 10.1. The van der Waals surface area contributed by atoms with E-state index >= 15 is 0 Å². The van der Waals surface area contributed by atoms with Crippen molar-refractivity contribution >= 4 is 32.8 Å². The Bertz CT molecular complexity index is 815. The van der Waals surface area contributed by atoms with Gasteiger partial charge in [0.05, 0.1) is 0 Å². The predicted molar refractivity (Wildman–Crippen MR) is 108 cm³/mol. The van der Waals surface area contributed by atoms with Crippen molar-refractivity contribution in [3.05, 3.63) is 76.8 Å². The van der Waals surface area contributed by atoms with Gasteiger partial charge in [0.25, 0.3) is 0 Å². The van der Waals surface area contributed by atoms with Crippen LogP contribution in [0.5, 0.6) is 0 Å². The van der Waals surface area contributed by atoms with Crippen molar-refractivity contribution in [2.45, 2.75) is 27.2 Å². The van der Waals surface area contributed by atoms with E-state index in [0.717, 1.165) is 10.9 Å². The van der Waals surface area contributed by atoms with Crippen molar-refractivity contribution in [1.29, 1.82) is 0 Å². The SMILES string of the molecule is C=Cc1ccc(-c2cccc3c(Br)cccc23)cc1CC.CC. The van der Waals surface area contributed by atoms with Crippen molar-refractivity contribution in [3.63, 3.8) is 0 Å². The monoisotopic (exact) mass is 366 g/mol. The summed E-state index contributed by atoms with van der Waals surface area (Å²) in [6.07, 6.45) is 2.95. The maximum atomic E-state index is 3.90. The number of fused-ring (bicyclic) bond motifs is 1. The molecular weight excluding hydrogens is 344 g/mol. The van der Waals surface area contributed by atoms with E-state index in [1.54, 1.807) is 0 Å². The van der Waals surface area contributed by atoms with E-state index < -0.39 is 0 Å². The van der Waals surface area contributed by atoms with Crippen LogP contribution >= 0.6 is 15.9 Å². The van der Waals surface area contributed by atoms with Gasteiger partial charge in [-0.25, -0.2) is 0 Å². The topological polar surface area (TPSA) is 0 Å². The van der Waals surface area contributed by atoms with Crippen LogP contribution in [-0.2, 0) is 6.42 Å². The number of hydrogen-bond donors (Lipinski definition) is 0. The Morgan fingerprint density at radius 3 is 2.35 bits per heavy atom. The first-order chi connectivity index (χ1) is 11.2. The van der Waals surface area contributed by atoms with Crippen molar-refractivity contribution < 1.29 is 0 Å². The summed E-state index contributed by atoms with van der Waals surface area (Å²) in [5.74, 6) is 0. The van der Waals surface area contributed by atoms with Crippen LogP contribution in [0.4, 0.5) is 0 Å². The third-order valence-electron chi connectivity index (χ3n) is 3.92. The van der Waals surface area contributed by atoms with Gasteiger partial charge in [-0.2, -0.15) is 0 Å². The molecule has 0 heterocycles. The van der Waals surface area contributed by atoms with Gasteiger partial charge in [0, 0.05) is 4.47 Å². The number of rotatable bonds is 3. The minimum Gasteiger partial charge on any atom is -0.0985 e. The fourth-order valence-corrected chi connectivity index (χ4v) is 3.30. The zero-order valence-corrected chi connectivity index (χ0v) is 15.7. The zero-order chi connectivity index (χ0) is 16.8. The molecule has 0 atom stereocenters. The highest BCUT2D eigenvalue weighted by Gasteiger charge is 2.07. The van der Waals surface area contributed by atoms with E-state index in [-0.39, 0.29) is 0 Å². The van der Waals surface area contributed by atoms with Gasteiger partial charge >= 0.3 is 0 Å². The highest BCUT2D eigenvalue weighted by molar-refractivity contribution is 9.10. The van der Waals surface area contributed by atoms with Crippen LogP contribution in [0.1, 0.15) is 31.9 Å². The van der Waals surface area contributed by atoms with Gasteiger partial charge in [-0.05, 0) is 45.5 Å². The van der Waals surface area contributed by atoms with E-state index in [1.165, 1.54) is 33.0 Å². The molecule has 0 aliphatic heterocycles. The normalized spacial score (nSPS) is 10.1. The summed E-state index contributed by atoms with van der Waals surface area (Å²) in [5, 5.41) is 2.53. The minimum atomic E-state index is 1.02. The summed E-state index contributed by atoms with van der Waals surface area (Å²) >= 11 is 3.64. The van der Waals surface area contributed by atoms with E-state index in [2.05, 4.69) is 84.0 Å². The first-order valence-electron chi connectivity index (χ1n) is 8.17. The van der Waals surface area contributed by atoms with Crippen LogP contribution < -0.4 is 0 Å². The van der Waals surface area contributed by atoms with E-state index in [1.807, 2.05) is 19.9 Å². The third-order valence-corrected chi connectivity index (χ3v) is 4.62. The molecule has 0 spiro atoms. The van der Waals surface area contributed by atoms with Crippen molar-refractivity contribution in [3.8, 4) is 11.1 Å². The number of hydrogen-bond acceptors (Lipinski definition) is 0. The lowest BCUT2D eigenvalue weighted by atomic mass is 9.94. The molecular formula is C22H23Br. The van der Waals surface area contributed by atoms with Crippen LogP contribution in [0.2, 0.25) is 0 Å². The first-order valence-corrected chi connectivity index (χ1v) is 8.97. The molecule has 0 fully saturated rings. The lowest BCUT2D eigenvalue weighted by molar-refractivity contribution is 1.13. The number of benzene rings is 3. The second kappa shape index (κ2) is 8.12. The molecule has 3 aromatic rings. The predicted octanol–water partition coefficient (Wildman–Crippen LogP) is 7.50. The molecule has 0 radical (unpaired) electrons.